The average Bonchev–Trinajstić information content (AvgIpc) is 3.06. The highest BCUT2D eigenvalue weighted by atomic mass is 35.5. The first-order valence-electron chi connectivity index (χ1n) is 10.7. The van der Waals surface area contributed by atoms with Crippen molar-refractivity contribution in [1.82, 2.24) is 25.2 Å². The first-order valence-corrected chi connectivity index (χ1v) is 11.1. The van der Waals surface area contributed by atoms with E-state index in [1.54, 1.807) is 18.2 Å². The molecule has 2 aromatic rings. The van der Waals surface area contributed by atoms with Gasteiger partial charge in [0.25, 0.3) is 11.8 Å². The minimum Gasteiger partial charge on any atom is -0.352 e. The van der Waals surface area contributed by atoms with Gasteiger partial charge in [-0.05, 0) is 23.8 Å². The number of urea groups is 1. The van der Waals surface area contributed by atoms with E-state index < -0.39 is 29.6 Å². The fourth-order valence-electron chi connectivity index (χ4n) is 4.35. The number of pyridine rings is 1. The molecule has 0 unspecified atom stereocenters. The summed E-state index contributed by atoms with van der Waals surface area (Å²) in [5.41, 5.74) is 1.27. The summed E-state index contributed by atoms with van der Waals surface area (Å²) in [5, 5.41) is 3.91. The lowest BCUT2D eigenvalue weighted by atomic mass is 10.1. The molecule has 4 heterocycles. The Hall–Kier alpha value is -3.57. The van der Waals surface area contributed by atoms with Gasteiger partial charge in [0, 0.05) is 45.3 Å². The van der Waals surface area contributed by atoms with Gasteiger partial charge in [-0.3, -0.25) is 24.6 Å². The molecule has 10 nitrogen and oxygen atoms in total. The Morgan fingerprint density at radius 2 is 1.71 bits per heavy atom. The predicted octanol–water partition coefficient (Wildman–Crippen LogP) is 1.65. The zero-order valence-corrected chi connectivity index (χ0v) is 18.7. The van der Waals surface area contributed by atoms with Crippen LogP contribution < -0.4 is 10.2 Å². The number of anilines is 1. The summed E-state index contributed by atoms with van der Waals surface area (Å²) in [5.74, 6) is -1.94. The van der Waals surface area contributed by atoms with Crippen LogP contribution in [0.5, 0.6) is 0 Å². The van der Waals surface area contributed by atoms with Crippen LogP contribution in [0.1, 0.15) is 32.7 Å². The van der Waals surface area contributed by atoms with E-state index in [4.69, 9.17) is 11.6 Å². The number of aromatic nitrogens is 1. The van der Waals surface area contributed by atoms with Gasteiger partial charge in [-0.1, -0.05) is 17.7 Å². The Bertz CT molecular complexity index is 1220. The van der Waals surface area contributed by atoms with E-state index >= 15 is 0 Å². The lowest BCUT2D eigenvalue weighted by Crippen LogP contribution is -2.58. The molecule has 0 radical (unpaired) electrons. The first-order chi connectivity index (χ1) is 16.3. The van der Waals surface area contributed by atoms with Crippen molar-refractivity contribution in [2.45, 2.75) is 13.0 Å². The van der Waals surface area contributed by atoms with Crippen LogP contribution in [0.3, 0.4) is 0 Å². The molecule has 5 rings (SSSR count). The number of hydrazine groups is 1. The third-order valence-corrected chi connectivity index (χ3v) is 6.40. The topological polar surface area (TPSA) is 106 Å². The zero-order valence-electron chi connectivity index (χ0n) is 18.0. The Morgan fingerprint density at radius 3 is 2.44 bits per heavy atom. The van der Waals surface area contributed by atoms with E-state index in [-0.39, 0.29) is 34.9 Å². The zero-order chi connectivity index (χ0) is 24.0. The second kappa shape index (κ2) is 8.65. The molecule has 3 aliphatic rings. The number of nitrogens with zero attached hydrogens (tertiary/aromatic N) is 5. The van der Waals surface area contributed by atoms with Crippen LogP contribution in [0.2, 0.25) is 5.02 Å². The largest absolute Gasteiger partial charge is 0.352 e. The molecule has 2 saturated heterocycles. The maximum absolute atomic E-state index is 14.3. The molecular formula is C22H20ClFN6O4. The molecule has 12 heteroatoms. The number of hydrogen-bond donors (Lipinski definition) is 1. The van der Waals surface area contributed by atoms with Gasteiger partial charge in [-0.15, -0.1) is 0 Å². The summed E-state index contributed by atoms with van der Waals surface area (Å²) in [4.78, 5) is 57.4. The normalized spacial score (nSPS) is 19.1. The van der Waals surface area contributed by atoms with Crippen LogP contribution in [0.4, 0.5) is 15.0 Å². The number of hydrogen-bond acceptors (Lipinski definition) is 7. The summed E-state index contributed by atoms with van der Waals surface area (Å²) in [6.07, 6.45) is 1.48. The molecule has 0 atom stereocenters. The van der Waals surface area contributed by atoms with Crippen LogP contribution in [-0.4, -0.2) is 76.4 Å². The van der Waals surface area contributed by atoms with Gasteiger partial charge < -0.3 is 4.90 Å². The van der Waals surface area contributed by atoms with Gasteiger partial charge in [0.1, 0.15) is 0 Å². The van der Waals surface area contributed by atoms with Gasteiger partial charge >= 0.3 is 6.03 Å². The molecule has 34 heavy (non-hydrogen) atoms. The molecule has 5 amide bonds. The lowest BCUT2D eigenvalue weighted by Gasteiger charge is -2.35. The second-order valence-electron chi connectivity index (χ2n) is 8.22. The van der Waals surface area contributed by atoms with Gasteiger partial charge in [0.15, 0.2) is 11.6 Å². The fourth-order valence-corrected chi connectivity index (χ4v) is 4.49. The van der Waals surface area contributed by atoms with E-state index in [0.29, 0.717) is 32.7 Å². The quantitative estimate of drug-likeness (QED) is 0.655. The van der Waals surface area contributed by atoms with Gasteiger partial charge in [-0.2, -0.15) is 5.01 Å². The number of benzene rings is 1. The number of halogens is 2. The molecule has 2 fully saturated rings. The van der Waals surface area contributed by atoms with Crippen LogP contribution in [0, 0.1) is 5.82 Å². The number of rotatable bonds is 4. The third kappa shape index (κ3) is 3.86. The standard InChI is InChI=1S/C22H20ClFN6O4/c23-16-3-5-25-19(18(16)24)28-9-7-27(8-10-28)12-13-1-2-14-15(11-13)21(33)30(20(14)32)29-6-4-17(31)26-22(29)34/h1-3,5,11H,4,6-10,12H2,(H,26,31,34). The third-order valence-electron chi connectivity index (χ3n) is 6.10. The number of piperazine rings is 1. The summed E-state index contributed by atoms with van der Waals surface area (Å²) in [7, 11) is 0. The number of carbonyl (C=O) groups is 4. The van der Waals surface area contributed by atoms with Crippen molar-refractivity contribution in [1.29, 1.82) is 0 Å². The number of nitrogens with one attached hydrogen (secondary N) is 1. The molecule has 1 aromatic heterocycles. The van der Waals surface area contributed by atoms with Gasteiger partial charge in [0.2, 0.25) is 5.91 Å². The summed E-state index contributed by atoms with van der Waals surface area (Å²) in [6, 6.07) is 5.63. The Morgan fingerprint density at radius 1 is 0.971 bits per heavy atom. The van der Waals surface area contributed by atoms with Crippen LogP contribution in [0.25, 0.3) is 0 Å². The monoisotopic (exact) mass is 486 g/mol. The second-order valence-corrected chi connectivity index (χ2v) is 8.63. The van der Waals surface area contributed by atoms with Crippen molar-refractivity contribution >= 4 is 41.2 Å². The van der Waals surface area contributed by atoms with E-state index in [9.17, 15) is 23.6 Å². The first kappa shape index (κ1) is 22.2. The van der Waals surface area contributed by atoms with E-state index in [2.05, 4.69) is 15.2 Å². The minimum absolute atomic E-state index is 0.00494. The Balaban J connectivity index is 1.26. The number of carbonyl (C=O) groups excluding carboxylic acids is 4. The van der Waals surface area contributed by atoms with Crippen molar-refractivity contribution in [3.05, 3.63) is 58.0 Å². The molecular weight excluding hydrogens is 467 g/mol. The van der Waals surface area contributed by atoms with Crippen LogP contribution >= 0.6 is 11.6 Å². The molecule has 0 spiro atoms. The maximum atomic E-state index is 14.3. The van der Waals surface area contributed by atoms with Crippen molar-refractivity contribution in [3.8, 4) is 0 Å². The van der Waals surface area contributed by atoms with Crippen molar-refractivity contribution in [2.75, 3.05) is 37.6 Å². The van der Waals surface area contributed by atoms with Gasteiger partial charge in [-0.25, -0.2) is 19.2 Å². The van der Waals surface area contributed by atoms with Crippen molar-refractivity contribution in [3.63, 3.8) is 0 Å². The molecule has 176 valence electrons. The van der Waals surface area contributed by atoms with Crippen molar-refractivity contribution in [2.24, 2.45) is 0 Å². The Labute approximate surface area is 198 Å². The number of imide groups is 2. The summed E-state index contributed by atoms with van der Waals surface area (Å²) < 4.78 is 14.3. The predicted molar refractivity (Wildman–Crippen MR) is 118 cm³/mol. The van der Waals surface area contributed by atoms with Gasteiger partial charge in [0.05, 0.1) is 22.7 Å². The summed E-state index contributed by atoms with van der Waals surface area (Å²) in [6.45, 7) is 2.89. The maximum Gasteiger partial charge on any atom is 0.343 e. The molecule has 0 aliphatic carbocycles. The van der Waals surface area contributed by atoms with E-state index in [1.807, 2.05) is 4.90 Å². The molecule has 1 N–H and O–H groups in total. The SMILES string of the molecule is O=C1CCN(N2C(=O)c3ccc(CN4CCN(c5nccc(Cl)c5F)CC4)cc3C2=O)C(=O)N1. The van der Waals surface area contributed by atoms with E-state index in [1.165, 1.54) is 12.3 Å². The highest BCUT2D eigenvalue weighted by Gasteiger charge is 2.43. The van der Waals surface area contributed by atoms with E-state index in [0.717, 1.165) is 15.6 Å². The minimum atomic E-state index is -0.797. The Kier molecular flexibility index (Phi) is 5.66. The van der Waals surface area contributed by atoms with Crippen LogP contribution in [0.15, 0.2) is 30.5 Å². The average molecular weight is 487 g/mol. The highest BCUT2D eigenvalue weighted by Crippen LogP contribution is 2.28. The molecule has 0 bridgehead atoms. The number of amides is 5. The molecule has 0 saturated carbocycles. The fraction of sp³-hybridized carbons (Fsp3) is 0.318. The van der Waals surface area contributed by atoms with Crippen LogP contribution in [-0.2, 0) is 11.3 Å². The lowest BCUT2D eigenvalue weighted by molar-refractivity contribution is -0.122. The number of fused-ring (bicyclic) bond motifs is 1. The smallest absolute Gasteiger partial charge is 0.343 e. The highest BCUT2D eigenvalue weighted by molar-refractivity contribution is 6.31. The molecule has 3 aliphatic heterocycles. The molecule has 1 aromatic carbocycles. The summed E-state index contributed by atoms with van der Waals surface area (Å²) >= 11 is 5.86. The van der Waals surface area contributed by atoms with Crippen molar-refractivity contribution < 1.29 is 23.6 Å².